The average molecular weight is 156 g/mol. The Kier molecular flexibility index (Phi) is 3.87. The summed E-state index contributed by atoms with van der Waals surface area (Å²) >= 11 is 0. The molecule has 0 aromatic carbocycles. The van der Waals surface area contributed by atoms with Crippen LogP contribution in [-0.4, -0.2) is 25.7 Å². The molecule has 0 aromatic rings. The highest BCUT2D eigenvalue weighted by molar-refractivity contribution is 4.74. The molecule has 1 fully saturated rings. The lowest BCUT2D eigenvalue weighted by molar-refractivity contribution is 0.373. The molecule has 1 aliphatic heterocycles. The van der Waals surface area contributed by atoms with Gasteiger partial charge >= 0.3 is 0 Å². The molecule has 1 aliphatic rings. The second-order valence-corrected chi connectivity index (χ2v) is 3.85. The predicted octanol–water partition coefficient (Wildman–Crippen LogP) is 0.984. The van der Waals surface area contributed by atoms with E-state index in [2.05, 4.69) is 24.5 Å². The van der Waals surface area contributed by atoms with Crippen molar-refractivity contribution in [2.75, 3.05) is 19.6 Å². The number of piperidine rings is 1. The lowest BCUT2D eigenvalue weighted by Gasteiger charge is -2.24. The van der Waals surface area contributed by atoms with Crippen LogP contribution in [0.4, 0.5) is 0 Å². The Morgan fingerprint density at radius 2 is 2.36 bits per heavy atom. The molecule has 0 bridgehead atoms. The van der Waals surface area contributed by atoms with Crippen LogP contribution in [0.3, 0.4) is 0 Å². The number of nitrogens with one attached hydrogen (secondary N) is 2. The van der Waals surface area contributed by atoms with Crippen LogP contribution in [0.15, 0.2) is 0 Å². The first-order chi connectivity index (χ1) is 5.29. The molecule has 11 heavy (non-hydrogen) atoms. The van der Waals surface area contributed by atoms with Crippen LogP contribution in [0.1, 0.15) is 26.7 Å². The van der Waals surface area contributed by atoms with Gasteiger partial charge in [0.2, 0.25) is 0 Å². The molecule has 0 spiro atoms. The Hall–Kier alpha value is -0.0800. The van der Waals surface area contributed by atoms with Crippen molar-refractivity contribution in [3.63, 3.8) is 0 Å². The van der Waals surface area contributed by atoms with Gasteiger partial charge in [-0.1, -0.05) is 13.8 Å². The van der Waals surface area contributed by atoms with Crippen LogP contribution in [0.5, 0.6) is 0 Å². The molecule has 1 saturated heterocycles. The molecule has 2 N–H and O–H groups in total. The van der Waals surface area contributed by atoms with E-state index in [1.165, 1.54) is 19.4 Å². The first-order valence-electron chi connectivity index (χ1n) is 4.73. The monoisotopic (exact) mass is 156 g/mol. The van der Waals surface area contributed by atoms with Gasteiger partial charge in [0.05, 0.1) is 0 Å². The summed E-state index contributed by atoms with van der Waals surface area (Å²) in [5.74, 6) is 0.775. The smallest absolute Gasteiger partial charge is 0.0193 e. The zero-order chi connectivity index (χ0) is 8.10. The minimum Gasteiger partial charge on any atom is -0.315 e. The molecule has 0 saturated carbocycles. The molecule has 0 aromatic heterocycles. The Bertz CT molecular complexity index is 95.7. The van der Waals surface area contributed by atoms with Crippen molar-refractivity contribution in [2.45, 2.75) is 32.7 Å². The molecule has 2 nitrogen and oxygen atoms in total. The minimum absolute atomic E-state index is 0.728. The van der Waals surface area contributed by atoms with Gasteiger partial charge in [0.1, 0.15) is 0 Å². The van der Waals surface area contributed by atoms with Gasteiger partial charge in [0.15, 0.2) is 0 Å². The molecule has 1 heterocycles. The fourth-order valence-electron chi connectivity index (χ4n) is 1.43. The predicted molar refractivity (Wildman–Crippen MR) is 48.7 cm³/mol. The molecular weight excluding hydrogens is 136 g/mol. The highest BCUT2D eigenvalue weighted by Gasteiger charge is 2.11. The summed E-state index contributed by atoms with van der Waals surface area (Å²) < 4.78 is 0. The van der Waals surface area contributed by atoms with Crippen LogP contribution in [0.2, 0.25) is 0 Å². The van der Waals surface area contributed by atoms with Gasteiger partial charge in [-0.25, -0.2) is 0 Å². The Morgan fingerprint density at radius 3 is 2.91 bits per heavy atom. The molecular formula is C9H20N2. The third-order valence-electron chi connectivity index (χ3n) is 2.11. The first kappa shape index (κ1) is 9.01. The summed E-state index contributed by atoms with van der Waals surface area (Å²) in [5.41, 5.74) is 0. The van der Waals surface area contributed by atoms with Crippen LogP contribution in [0.25, 0.3) is 0 Å². The van der Waals surface area contributed by atoms with Crippen LogP contribution >= 0.6 is 0 Å². The lowest BCUT2D eigenvalue weighted by atomic mass is 10.1. The van der Waals surface area contributed by atoms with Crippen LogP contribution in [-0.2, 0) is 0 Å². The van der Waals surface area contributed by atoms with Crippen molar-refractivity contribution in [3.05, 3.63) is 0 Å². The number of rotatable bonds is 3. The number of hydrogen-bond donors (Lipinski definition) is 2. The van der Waals surface area contributed by atoms with E-state index in [1.54, 1.807) is 0 Å². The van der Waals surface area contributed by atoms with E-state index < -0.39 is 0 Å². The molecule has 66 valence electrons. The summed E-state index contributed by atoms with van der Waals surface area (Å²) in [6.45, 7) is 8.03. The van der Waals surface area contributed by atoms with E-state index in [-0.39, 0.29) is 0 Å². The van der Waals surface area contributed by atoms with E-state index in [9.17, 15) is 0 Å². The molecule has 1 rings (SSSR count). The van der Waals surface area contributed by atoms with Crippen molar-refractivity contribution in [3.8, 4) is 0 Å². The quantitative estimate of drug-likeness (QED) is 0.636. The second kappa shape index (κ2) is 4.73. The molecule has 2 heteroatoms. The van der Waals surface area contributed by atoms with E-state index >= 15 is 0 Å². The highest BCUT2D eigenvalue weighted by atomic mass is 15.0. The van der Waals surface area contributed by atoms with E-state index in [1.807, 2.05) is 0 Å². The van der Waals surface area contributed by atoms with Gasteiger partial charge < -0.3 is 10.6 Å². The van der Waals surface area contributed by atoms with Crippen molar-refractivity contribution >= 4 is 0 Å². The SMILES string of the molecule is CC(C)CNC1CCCNC1. The van der Waals surface area contributed by atoms with Crippen molar-refractivity contribution in [1.29, 1.82) is 0 Å². The van der Waals surface area contributed by atoms with E-state index in [0.717, 1.165) is 25.0 Å². The maximum Gasteiger partial charge on any atom is 0.0193 e. The van der Waals surface area contributed by atoms with E-state index in [4.69, 9.17) is 0 Å². The van der Waals surface area contributed by atoms with Crippen LogP contribution < -0.4 is 10.6 Å². The van der Waals surface area contributed by atoms with Gasteiger partial charge in [0.25, 0.3) is 0 Å². The van der Waals surface area contributed by atoms with Gasteiger partial charge in [-0.3, -0.25) is 0 Å². The normalized spacial score (nSPS) is 25.9. The lowest BCUT2D eigenvalue weighted by Crippen LogP contribution is -2.44. The number of hydrogen-bond acceptors (Lipinski definition) is 2. The summed E-state index contributed by atoms with van der Waals surface area (Å²) in [6.07, 6.45) is 2.68. The Morgan fingerprint density at radius 1 is 1.55 bits per heavy atom. The Balaban J connectivity index is 2.05. The molecule has 1 unspecified atom stereocenters. The minimum atomic E-state index is 0.728. The third-order valence-corrected chi connectivity index (χ3v) is 2.11. The molecule has 0 amide bonds. The summed E-state index contributed by atoms with van der Waals surface area (Å²) in [7, 11) is 0. The topological polar surface area (TPSA) is 24.1 Å². The van der Waals surface area contributed by atoms with Gasteiger partial charge in [0, 0.05) is 12.6 Å². The molecule has 0 aliphatic carbocycles. The maximum absolute atomic E-state index is 3.56. The van der Waals surface area contributed by atoms with Crippen molar-refractivity contribution in [1.82, 2.24) is 10.6 Å². The molecule has 0 radical (unpaired) electrons. The average Bonchev–Trinajstić information content (AvgIpc) is 2.03. The van der Waals surface area contributed by atoms with E-state index in [0.29, 0.717) is 0 Å². The van der Waals surface area contributed by atoms with Crippen molar-refractivity contribution < 1.29 is 0 Å². The largest absolute Gasteiger partial charge is 0.315 e. The fourth-order valence-corrected chi connectivity index (χ4v) is 1.43. The highest BCUT2D eigenvalue weighted by Crippen LogP contribution is 2.01. The maximum atomic E-state index is 3.56. The fraction of sp³-hybridized carbons (Fsp3) is 1.00. The third kappa shape index (κ3) is 3.73. The second-order valence-electron chi connectivity index (χ2n) is 3.85. The van der Waals surface area contributed by atoms with Crippen molar-refractivity contribution in [2.24, 2.45) is 5.92 Å². The van der Waals surface area contributed by atoms with Gasteiger partial charge in [-0.15, -0.1) is 0 Å². The Labute approximate surface area is 69.8 Å². The van der Waals surface area contributed by atoms with Gasteiger partial charge in [-0.2, -0.15) is 0 Å². The van der Waals surface area contributed by atoms with Crippen LogP contribution in [0, 0.1) is 5.92 Å². The zero-order valence-electron chi connectivity index (χ0n) is 7.69. The summed E-state index contributed by atoms with van der Waals surface area (Å²) in [4.78, 5) is 0. The standard InChI is InChI=1S/C9H20N2/c1-8(2)6-11-9-4-3-5-10-7-9/h8-11H,3-7H2,1-2H3. The summed E-state index contributed by atoms with van der Waals surface area (Å²) in [6, 6.07) is 0.728. The zero-order valence-corrected chi connectivity index (χ0v) is 7.69. The van der Waals surface area contributed by atoms with Gasteiger partial charge in [-0.05, 0) is 31.8 Å². The summed E-state index contributed by atoms with van der Waals surface area (Å²) in [5, 5.41) is 6.95. The molecule has 1 atom stereocenters. The first-order valence-corrected chi connectivity index (χ1v) is 4.73.